The molecule has 1 aliphatic rings. The SMILES string of the molecule is CN(Cc1ccon1)C(=O)[C@@H]1C[C@@H](Sc2ccc(F)cc2)CN1Cc1ccccc1O. The molecule has 0 aliphatic carbocycles. The number of phenolic OH excluding ortho intramolecular Hbond substituents is 1. The van der Waals surface area contributed by atoms with E-state index >= 15 is 0 Å². The van der Waals surface area contributed by atoms with Crippen LogP contribution in [0.2, 0.25) is 0 Å². The summed E-state index contributed by atoms with van der Waals surface area (Å²) in [5.74, 6) is -0.0422. The predicted molar refractivity (Wildman–Crippen MR) is 116 cm³/mol. The van der Waals surface area contributed by atoms with Crippen LogP contribution in [0.25, 0.3) is 0 Å². The number of aromatic hydroxyl groups is 1. The maximum Gasteiger partial charge on any atom is 0.240 e. The van der Waals surface area contributed by atoms with Crippen molar-refractivity contribution in [3.8, 4) is 5.75 Å². The zero-order chi connectivity index (χ0) is 21.8. The van der Waals surface area contributed by atoms with Crippen molar-refractivity contribution >= 4 is 17.7 Å². The lowest BCUT2D eigenvalue weighted by atomic mass is 10.1. The van der Waals surface area contributed by atoms with Gasteiger partial charge in [-0.3, -0.25) is 9.69 Å². The van der Waals surface area contributed by atoms with E-state index in [4.69, 9.17) is 4.52 Å². The van der Waals surface area contributed by atoms with Gasteiger partial charge in [-0.2, -0.15) is 0 Å². The van der Waals surface area contributed by atoms with Gasteiger partial charge in [0, 0.05) is 41.9 Å². The van der Waals surface area contributed by atoms with Crippen molar-refractivity contribution in [1.29, 1.82) is 0 Å². The van der Waals surface area contributed by atoms with E-state index in [9.17, 15) is 14.3 Å². The van der Waals surface area contributed by atoms with Crippen LogP contribution in [0.1, 0.15) is 17.7 Å². The fraction of sp³-hybridized carbons (Fsp3) is 0.304. The molecule has 1 N–H and O–H groups in total. The van der Waals surface area contributed by atoms with Crippen molar-refractivity contribution in [2.45, 2.75) is 35.7 Å². The van der Waals surface area contributed by atoms with Gasteiger partial charge >= 0.3 is 0 Å². The van der Waals surface area contributed by atoms with Gasteiger partial charge in [0.15, 0.2) is 0 Å². The van der Waals surface area contributed by atoms with Crippen LogP contribution in [0, 0.1) is 5.82 Å². The van der Waals surface area contributed by atoms with Gasteiger partial charge in [-0.1, -0.05) is 23.4 Å². The number of carbonyl (C=O) groups is 1. The molecule has 1 amide bonds. The Morgan fingerprint density at radius 2 is 2.03 bits per heavy atom. The first-order chi connectivity index (χ1) is 15.0. The molecule has 2 atom stereocenters. The maximum absolute atomic E-state index is 13.3. The zero-order valence-electron chi connectivity index (χ0n) is 17.1. The summed E-state index contributed by atoms with van der Waals surface area (Å²) in [6.07, 6.45) is 2.15. The molecule has 1 aliphatic heterocycles. The summed E-state index contributed by atoms with van der Waals surface area (Å²) in [4.78, 5) is 18.0. The van der Waals surface area contributed by atoms with Crippen molar-refractivity contribution in [3.63, 3.8) is 0 Å². The molecule has 2 aromatic carbocycles. The molecule has 0 radical (unpaired) electrons. The molecule has 0 unspecified atom stereocenters. The van der Waals surface area contributed by atoms with Crippen LogP contribution in [0.15, 0.2) is 70.3 Å². The van der Waals surface area contributed by atoms with Crippen molar-refractivity contribution < 1.29 is 18.8 Å². The molecule has 0 bridgehead atoms. The molecule has 1 aromatic heterocycles. The number of carbonyl (C=O) groups excluding carboxylic acids is 1. The summed E-state index contributed by atoms with van der Waals surface area (Å²) in [7, 11) is 1.76. The van der Waals surface area contributed by atoms with E-state index in [0.717, 1.165) is 10.5 Å². The van der Waals surface area contributed by atoms with Crippen molar-refractivity contribution in [1.82, 2.24) is 15.0 Å². The number of hydrogen-bond donors (Lipinski definition) is 1. The molecule has 8 heteroatoms. The van der Waals surface area contributed by atoms with Gasteiger partial charge in [-0.15, -0.1) is 11.8 Å². The number of amides is 1. The Kier molecular flexibility index (Phi) is 6.58. The molecule has 2 heterocycles. The highest BCUT2D eigenvalue weighted by atomic mass is 32.2. The molecule has 6 nitrogen and oxygen atoms in total. The summed E-state index contributed by atoms with van der Waals surface area (Å²) in [5.41, 5.74) is 1.48. The first-order valence-corrected chi connectivity index (χ1v) is 10.9. The highest BCUT2D eigenvalue weighted by Gasteiger charge is 2.38. The van der Waals surface area contributed by atoms with Crippen LogP contribution < -0.4 is 0 Å². The molecule has 162 valence electrons. The van der Waals surface area contributed by atoms with E-state index in [1.807, 2.05) is 12.1 Å². The van der Waals surface area contributed by atoms with Crippen molar-refractivity contribution in [3.05, 3.63) is 77.9 Å². The second kappa shape index (κ2) is 9.53. The smallest absolute Gasteiger partial charge is 0.240 e. The standard InChI is InChI=1S/C23H24FN3O3S/c1-26(14-18-10-11-30-25-18)23(29)21-12-20(31-19-8-6-17(24)7-9-19)15-27(21)13-16-4-2-3-5-22(16)28/h2-11,20-21,28H,12-15H2,1H3/t20-,21+/m1/s1. The fourth-order valence-electron chi connectivity index (χ4n) is 3.84. The fourth-order valence-corrected chi connectivity index (χ4v) is 5.06. The Labute approximate surface area is 184 Å². The van der Waals surface area contributed by atoms with Gasteiger partial charge in [-0.05, 0) is 36.8 Å². The van der Waals surface area contributed by atoms with Crippen molar-refractivity contribution in [2.24, 2.45) is 0 Å². The number of thioether (sulfide) groups is 1. The van der Waals surface area contributed by atoms with E-state index in [1.54, 1.807) is 54.0 Å². The second-order valence-corrected chi connectivity index (χ2v) is 9.06. The van der Waals surface area contributed by atoms with Crippen LogP contribution in [-0.4, -0.2) is 50.9 Å². The number of likely N-dealkylation sites (tertiary alicyclic amines) is 1. The zero-order valence-corrected chi connectivity index (χ0v) is 18.0. The number of likely N-dealkylation sites (N-methyl/N-ethyl adjacent to an activating group) is 1. The Hall–Kier alpha value is -2.84. The molecule has 3 aromatic rings. The molecule has 4 rings (SSSR count). The van der Waals surface area contributed by atoms with Gasteiger partial charge in [0.1, 0.15) is 23.5 Å². The second-order valence-electron chi connectivity index (χ2n) is 7.69. The Balaban J connectivity index is 1.50. The summed E-state index contributed by atoms with van der Waals surface area (Å²) >= 11 is 1.65. The molecule has 0 spiro atoms. The van der Waals surface area contributed by atoms with E-state index in [-0.39, 0.29) is 28.8 Å². The highest BCUT2D eigenvalue weighted by Crippen LogP contribution is 2.35. The van der Waals surface area contributed by atoms with Gasteiger partial charge in [0.2, 0.25) is 5.91 Å². The largest absolute Gasteiger partial charge is 0.508 e. The van der Waals surface area contributed by atoms with Crippen LogP contribution in [-0.2, 0) is 17.9 Å². The summed E-state index contributed by atoms with van der Waals surface area (Å²) in [6.45, 7) is 1.53. The molecule has 1 fully saturated rings. The first-order valence-electron chi connectivity index (χ1n) is 10.1. The first kappa shape index (κ1) is 21.4. The number of nitrogens with zero attached hydrogens (tertiary/aromatic N) is 3. The lowest BCUT2D eigenvalue weighted by Crippen LogP contribution is -2.43. The molecular weight excluding hydrogens is 417 g/mol. The molecule has 31 heavy (non-hydrogen) atoms. The van der Waals surface area contributed by atoms with Crippen LogP contribution >= 0.6 is 11.8 Å². The Bertz CT molecular complexity index is 1010. The monoisotopic (exact) mass is 441 g/mol. The lowest BCUT2D eigenvalue weighted by molar-refractivity contribution is -0.135. The average molecular weight is 442 g/mol. The molecular formula is C23H24FN3O3S. The van der Waals surface area contributed by atoms with E-state index in [2.05, 4.69) is 10.1 Å². The average Bonchev–Trinajstić information content (AvgIpc) is 3.41. The topological polar surface area (TPSA) is 69.8 Å². The summed E-state index contributed by atoms with van der Waals surface area (Å²) in [6, 6.07) is 15.0. The normalized spacial score (nSPS) is 18.9. The maximum atomic E-state index is 13.3. The third-order valence-corrected chi connectivity index (χ3v) is 6.62. The number of rotatable bonds is 7. The van der Waals surface area contributed by atoms with Gasteiger partial charge in [0.25, 0.3) is 0 Å². The number of benzene rings is 2. The minimum absolute atomic E-state index is 0.000581. The Morgan fingerprint density at radius 1 is 1.26 bits per heavy atom. The number of halogens is 1. The number of aromatic nitrogens is 1. The minimum atomic E-state index is -0.325. The number of para-hydroxylation sites is 1. The third-order valence-electron chi connectivity index (χ3n) is 5.40. The number of phenols is 1. The third kappa shape index (κ3) is 5.26. The quantitative estimate of drug-likeness (QED) is 0.600. The van der Waals surface area contributed by atoms with Crippen LogP contribution in [0.3, 0.4) is 0 Å². The van der Waals surface area contributed by atoms with Gasteiger partial charge in [-0.25, -0.2) is 4.39 Å². The highest BCUT2D eigenvalue weighted by molar-refractivity contribution is 8.00. The lowest BCUT2D eigenvalue weighted by Gasteiger charge is -2.27. The van der Waals surface area contributed by atoms with Gasteiger partial charge < -0.3 is 14.5 Å². The predicted octanol–water partition coefficient (Wildman–Crippen LogP) is 3.91. The van der Waals surface area contributed by atoms with E-state index in [0.29, 0.717) is 31.7 Å². The van der Waals surface area contributed by atoms with Crippen LogP contribution in [0.5, 0.6) is 5.75 Å². The Morgan fingerprint density at radius 3 is 2.74 bits per heavy atom. The van der Waals surface area contributed by atoms with Gasteiger partial charge in [0.05, 0.1) is 12.6 Å². The summed E-state index contributed by atoms with van der Waals surface area (Å²) in [5, 5.41) is 14.3. The van der Waals surface area contributed by atoms with E-state index < -0.39 is 0 Å². The molecule has 1 saturated heterocycles. The molecule has 0 saturated carbocycles. The minimum Gasteiger partial charge on any atom is -0.508 e. The number of hydrogen-bond acceptors (Lipinski definition) is 6. The van der Waals surface area contributed by atoms with E-state index in [1.165, 1.54) is 18.4 Å². The van der Waals surface area contributed by atoms with Crippen LogP contribution in [0.4, 0.5) is 4.39 Å². The van der Waals surface area contributed by atoms with Crippen molar-refractivity contribution in [2.75, 3.05) is 13.6 Å². The summed E-state index contributed by atoms with van der Waals surface area (Å²) < 4.78 is 18.1.